The zero-order valence-corrected chi connectivity index (χ0v) is 12.8. The van der Waals surface area contributed by atoms with Crippen LogP contribution in [0.2, 0.25) is 0 Å². The fourth-order valence-corrected chi connectivity index (χ4v) is 2.85. The second-order valence-corrected chi connectivity index (χ2v) is 6.01. The third-order valence-electron chi connectivity index (χ3n) is 3.32. The average Bonchev–Trinajstić information content (AvgIpc) is 3.08. The molecular formula is C14H16IN3O. The summed E-state index contributed by atoms with van der Waals surface area (Å²) in [6.07, 6.45) is 5.61. The lowest BCUT2D eigenvalue weighted by atomic mass is 10.2. The molecule has 1 saturated heterocycles. The van der Waals surface area contributed by atoms with Crippen molar-refractivity contribution in [3.05, 3.63) is 34.2 Å². The number of rotatable bonds is 4. The van der Waals surface area contributed by atoms with Gasteiger partial charge < -0.3 is 4.74 Å². The molecule has 4 nitrogen and oxygen atoms in total. The monoisotopic (exact) mass is 369 g/mol. The van der Waals surface area contributed by atoms with E-state index in [0.717, 1.165) is 31.0 Å². The molecule has 1 atom stereocenters. The molecule has 2 heterocycles. The van der Waals surface area contributed by atoms with Gasteiger partial charge in [0.05, 0.1) is 6.10 Å². The van der Waals surface area contributed by atoms with E-state index in [1.807, 2.05) is 23.1 Å². The van der Waals surface area contributed by atoms with Crippen LogP contribution >= 0.6 is 22.6 Å². The molecule has 0 amide bonds. The first kappa shape index (κ1) is 13.1. The molecule has 1 unspecified atom stereocenters. The number of nitrogens with zero attached hydrogens (tertiary/aromatic N) is 3. The molecule has 1 aromatic carbocycles. The SMILES string of the molecule is Ic1cccc(-c2ncn(CCC3CCCO3)n2)c1. The van der Waals surface area contributed by atoms with Gasteiger partial charge in [-0.25, -0.2) is 4.98 Å². The summed E-state index contributed by atoms with van der Waals surface area (Å²) >= 11 is 2.30. The van der Waals surface area contributed by atoms with Crippen LogP contribution in [-0.2, 0) is 11.3 Å². The molecule has 1 aromatic heterocycles. The Bertz CT molecular complexity index is 549. The Morgan fingerprint density at radius 2 is 2.37 bits per heavy atom. The van der Waals surface area contributed by atoms with Gasteiger partial charge in [-0.2, -0.15) is 5.10 Å². The first-order valence-electron chi connectivity index (χ1n) is 6.58. The molecule has 2 aromatic rings. The number of hydrogen-bond donors (Lipinski definition) is 0. The Morgan fingerprint density at radius 1 is 1.42 bits per heavy atom. The highest BCUT2D eigenvalue weighted by atomic mass is 127. The smallest absolute Gasteiger partial charge is 0.181 e. The summed E-state index contributed by atoms with van der Waals surface area (Å²) in [5.74, 6) is 0.797. The second-order valence-electron chi connectivity index (χ2n) is 4.77. The minimum absolute atomic E-state index is 0.408. The Kier molecular flexibility index (Phi) is 4.12. The highest BCUT2D eigenvalue weighted by molar-refractivity contribution is 14.1. The van der Waals surface area contributed by atoms with Gasteiger partial charge >= 0.3 is 0 Å². The van der Waals surface area contributed by atoms with Crippen LogP contribution in [0.5, 0.6) is 0 Å². The van der Waals surface area contributed by atoms with E-state index < -0.39 is 0 Å². The van der Waals surface area contributed by atoms with Crippen molar-refractivity contribution in [2.24, 2.45) is 0 Å². The topological polar surface area (TPSA) is 39.9 Å². The Morgan fingerprint density at radius 3 is 3.16 bits per heavy atom. The van der Waals surface area contributed by atoms with Gasteiger partial charge in [-0.1, -0.05) is 12.1 Å². The van der Waals surface area contributed by atoms with Crippen LogP contribution in [0.25, 0.3) is 11.4 Å². The highest BCUT2D eigenvalue weighted by Crippen LogP contribution is 2.18. The van der Waals surface area contributed by atoms with Crippen molar-refractivity contribution in [3.8, 4) is 11.4 Å². The molecule has 1 fully saturated rings. The third-order valence-corrected chi connectivity index (χ3v) is 3.99. The van der Waals surface area contributed by atoms with E-state index in [1.165, 1.54) is 16.4 Å². The molecule has 1 aliphatic rings. The van der Waals surface area contributed by atoms with Crippen LogP contribution < -0.4 is 0 Å². The standard InChI is InChI=1S/C14H16IN3O/c15-12-4-1-3-11(9-12)14-16-10-18(17-14)7-6-13-5-2-8-19-13/h1,3-4,9-10,13H,2,5-8H2. The molecule has 0 saturated carbocycles. The zero-order valence-electron chi connectivity index (χ0n) is 10.6. The van der Waals surface area contributed by atoms with Crippen LogP contribution in [0.3, 0.4) is 0 Å². The third kappa shape index (κ3) is 3.33. The van der Waals surface area contributed by atoms with Crippen LogP contribution in [-0.4, -0.2) is 27.5 Å². The quantitative estimate of drug-likeness (QED) is 0.778. The van der Waals surface area contributed by atoms with E-state index in [-0.39, 0.29) is 0 Å². The van der Waals surface area contributed by atoms with E-state index in [1.54, 1.807) is 0 Å². The van der Waals surface area contributed by atoms with E-state index in [2.05, 4.69) is 44.8 Å². The maximum absolute atomic E-state index is 5.62. The molecule has 0 radical (unpaired) electrons. The maximum Gasteiger partial charge on any atom is 0.181 e. The Hall–Kier alpha value is -0.950. The summed E-state index contributed by atoms with van der Waals surface area (Å²) in [5, 5.41) is 4.53. The van der Waals surface area contributed by atoms with Gasteiger partial charge in [0.1, 0.15) is 6.33 Å². The predicted octanol–water partition coefficient (Wildman–Crippen LogP) is 3.12. The largest absolute Gasteiger partial charge is 0.378 e. The van der Waals surface area contributed by atoms with Gasteiger partial charge in [0.25, 0.3) is 0 Å². The summed E-state index contributed by atoms with van der Waals surface area (Å²) < 4.78 is 8.73. The Balaban J connectivity index is 1.65. The molecule has 5 heteroatoms. The van der Waals surface area contributed by atoms with Gasteiger partial charge in [0, 0.05) is 22.3 Å². The van der Waals surface area contributed by atoms with Crippen LogP contribution in [0.4, 0.5) is 0 Å². The number of benzene rings is 1. The van der Waals surface area contributed by atoms with Gasteiger partial charge in [-0.15, -0.1) is 0 Å². The molecule has 0 aliphatic carbocycles. The maximum atomic E-state index is 5.62. The van der Waals surface area contributed by atoms with Gasteiger partial charge in [0.15, 0.2) is 5.82 Å². The molecule has 0 bridgehead atoms. The molecule has 3 rings (SSSR count). The van der Waals surface area contributed by atoms with Crippen molar-refractivity contribution in [2.75, 3.05) is 6.61 Å². The van der Waals surface area contributed by atoms with Gasteiger partial charge in [-0.3, -0.25) is 4.68 Å². The molecule has 0 N–H and O–H groups in total. The lowest BCUT2D eigenvalue weighted by Gasteiger charge is -2.07. The van der Waals surface area contributed by atoms with E-state index in [4.69, 9.17) is 4.74 Å². The lowest BCUT2D eigenvalue weighted by Crippen LogP contribution is -2.10. The fraction of sp³-hybridized carbons (Fsp3) is 0.429. The highest BCUT2D eigenvalue weighted by Gasteiger charge is 2.15. The molecular weight excluding hydrogens is 353 g/mol. The summed E-state index contributed by atoms with van der Waals surface area (Å²) in [5.41, 5.74) is 1.07. The number of hydrogen-bond acceptors (Lipinski definition) is 3. The zero-order chi connectivity index (χ0) is 13.1. The van der Waals surface area contributed by atoms with Crippen molar-refractivity contribution in [1.29, 1.82) is 0 Å². The van der Waals surface area contributed by atoms with Crippen molar-refractivity contribution in [3.63, 3.8) is 0 Å². The van der Waals surface area contributed by atoms with Crippen LogP contribution in [0.15, 0.2) is 30.6 Å². The van der Waals surface area contributed by atoms with Gasteiger partial charge in [-0.05, 0) is 54.0 Å². The lowest BCUT2D eigenvalue weighted by molar-refractivity contribution is 0.0994. The summed E-state index contributed by atoms with van der Waals surface area (Å²) in [6, 6.07) is 8.24. The normalized spacial score (nSPS) is 18.9. The van der Waals surface area contributed by atoms with E-state index in [0.29, 0.717) is 6.10 Å². The van der Waals surface area contributed by atoms with Gasteiger partial charge in [0.2, 0.25) is 0 Å². The summed E-state index contributed by atoms with van der Waals surface area (Å²) in [6.45, 7) is 1.79. The number of aromatic nitrogens is 3. The van der Waals surface area contributed by atoms with E-state index >= 15 is 0 Å². The van der Waals surface area contributed by atoms with E-state index in [9.17, 15) is 0 Å². The van der Waals surface area contributed by atoms with Crippen molar-refractivity contribution in [1.82, 2.24) is 14.8 Å². The van der Waals surface area contributed by atoms with Crippen LogP contribution in [0, 0.1) is 3.57 Å². The average molecular weight is 369 g/mol. The van der Waals surface area contributed by atoms with Crippen molar-refractivity contribution < 1.29 is 4.74 Å². The Labute approximate surface area is 126 Å². The number of aryl methyl sites for hydroxylation is 1. The minimum Gasteiger partial charge on any atom is -0.378 e. The summed E-state index contributed by atoms with van der Waals surface area (Å²) in [7, 11) is 0. The molecule has 1 aliphatic heterocycles. The first-order valence-corrected chi connectivity index (χ1v) is 7.66. The minimum atomic E-state index is 0.408. The predicted molar refractivity (Wildman–Crippen MR) is 81.8 cm³/mol. The first-order chi connectivity index (χ1) is 9.31. The number of halogens is 1. The van der Waals surface area contributed by atoms with Crippen molar-refractivity contribution in [2.45, 2.75) is 31.9 Å². The van der Waals surface area contributed by atoms with Crippen LogP contribution in [0.1, 0.15) is 19.3 Å². The summed E-state index contributed by atoms with van der Waals surface area (Å²) in [4.78, 5) is 4.38. The van der Waals surface area contributed by atoms with Crippen molar-refractivity contribution >= 4 is 22.6 Å². The molecule has 19 heavy (non-hydrogen) atoms. The molecule has 100 valence electrons. The second kappa shape index (κ2) is 6.00. The number of ether oxygens (including phenoxy) is 1. The fourth-order valence-electron chi connectivity index (χ4n) is 2.31. The molecule has 0 spiro atoms.